The molecule has 2 rings (SSSR count). The first-order chi connectivity index (χ1) is 11.2. The lowest BCUT2D eigenvalue weighted by Gasteiger charge is -2.40. The van der Waals surface area contributed by atoms with Crippen molar-refractivity contribution in [1.29, 1.82) is 0 Å². The molecule has 1 atom stereocenters. The minimum absolute atomic E-state index is 0.211. The average Bonchev–Trinajstić information content (AvgIpc) is 2.89. The summed E-state index contributed by atoms with van der Waals surface area (Å²) in [5.41, 5.74) is -0.0602. The fourth-order valence-electron chi connectivity index (χ4n) is 2.74. The third-order valence-corrected chi connectivity index (χ3v) is 4.98. The highest BCUT2D eigenvalue weighted by Gasteiger charge is 2.40. The third kappa shape index (κ3) is 4.74. The summed E-state index contributed by atoms with van der Waals surface area (Å²) in [7, 11) is 0. The topological polar surface area (TPSA) is 53.8 Å². The van der Waals surface area contributed by atoms with Crippen molar-refractivity contribution in [3.05, 3.63) is 46.7 Å². The van der Waals surface area contributed by atoms with Crippen LogP contribution in [0.5, 0.6) is 0 Å². The van der Waals surface area contributed by atoms with Gasteiger partial charge in [0.2, 0.25) is 4.77 Å². The Bertz CT molecular complexity index is 702. The molecule has 132 valence electrons. The molecule has 24 heavy (non-hydrogen) atoms. The van der Waals surface area contributed by atoms with Gasteiger partial charge in [-0.05, 0) is 54.6 Å². The van der Waals surface area contributed by atoms with E-state index in [0.29, 0.717) is 17.7 Å². The van der Waals surface area contributed by atoms with Gasteiger partial charge >= 0.3 is 0 Å². The monoisotopic (exact) mass is 351 g/mol. The number of nitrogens with zero attached hydrogens (tertiary/aromatic N) is 2. The van der Waals surface area contributed by atoms with Gasteiger partial charge in [-0.2, -0.15) is 0 Å². The Hall–Kier alpha value is -1.53. The van der Waals surface area contributed by atoms with Gasteiger partial charge in [0.1, 0.15) is 12.1 Å². The molecule has 1 aromatic heterocycles. The summed E-state index contributed by atoms with van der Waals surface area (Å²) in [6, 6.07) is 6.60. The number of H-pyrrole nitrogens is 1. The van der Waals surface area contributed by atoms with Crippen molar-refractivity contribution in [2.45, 2.75) is 58.6 Å². The molecule has 4 nitrogen and oxygen atoms in total. The maximum atomic E-state index is 12.9. The molecule has 0 saturated carbocycles. The van der Waals surface area contributed by atoms with Crippen LogP contribution in [0, 0.1) is 16.0 Å². The van der Waals surface area contributed by atoms with Gasteiger partial charge in [-0.25, -0.2) is 9.37 Å². The van der Waals surface area contributed by atoms with E-state index in [2.05, 4.69) is 10.1 Å². The molecule has 0 aliphatic heterocycles. The van der Waals surface area contributed by atoms with Gasteiger partial charge in [-0.1, -0.05) is 39.3 Å². The number of benzene rings is 1. The summed E-state index contributed by atoms with van der Waals surface area (Å²) < 4.78 is 15.1. The van der Waals surface area contributed by atoms with Crippen molar-refractivity contribution >= 4 is 12.2 Å². The number of hydrogen-bond donors (Lipinski definition) is 2. The third-order valence-electron chi connectivity index (χ3n) is 4.65. The van der Waals surface area contributed by atoms with E-state index in [1.807, 2.05) is 32.9 Å². The van der Waals surface area contributed by atoms with E-state index in [1.54, 1.807) is 11.0 Å². The second kappa shape index (κ2) is 7.57. The normalized spacial score (nSPS) is 14.5. The smallest absolute Gasteiger partial charge is 0.215 e. The standard InChI is InChI=1S/C18H26FN3OS/c1-17(2,3)18(23,12-22-16(24)20-13-21-22)11-5-4-6-14-7-9-15(19)10-8-14/h7-10,13,23H,4-6,11-12H2,1-3H3,(H,20,21,24). The van der Waals surface area contributed by atoms with E-state index in [0.717, 1.165) is 24.8 Å². The summed E-state index contributed by atoms with van der Waals surface area (Å²) in [4.78, 5) is 4.01. The van der Waals surface area contributed by atoms with Crippen LogP contribution >= 0.6 is 12.2 Å². The van der Waals surface area contributed by atoms with Crippen LogP contribution in [0.1, 0.15) is 45.6 Å². The Labute approximate surface area is 147 Å². The van der Waals surface area contributed by atoms with Crippen LogP contribution in [0.25, 0.3) is 0 Å². The molecule has 2 aromatic rings. The first kappa shape index (κ1) is 18.8. The average molecular weight is 351 g/mol. The minimum atomic E-state index is -0.888. The molecule has 6 heteroatoms. The SMILES string of the molecule is CC(C)(C)C(O)(CCCCc1ccc(F)cc1)Cn1[nH]cnc1=S. The van der Waals surface area contributed by atoms with Crippen molar-refractivity contribution in [3.63, 3.8) is 0 Å². The molecule has 0 saturated heterocycles. The molecule has 0 bridgehead atoms. The van der Waals surface area contributed by atoms with Crippen LogP contribution in [0.3, 0.4) is 0 Å². The lowest BCUT2D eigenvalue weighted by Crippen LogP contribution is -2.46. The van der Waals surface area contributed by atoms with E-state index < -0.39 is 5.60 Å². The highest BCUT2D eigenvalue weighted by Crippen LogP contribution is 2.36. The van der Waals surface area contributed by atoms with Gasteiger partial charge < -0.3 is 5.11 Å². The van der Waals surface area contributed by atoms with E-state index in [4.69, 9.17) is 12.2 Å². The van der Waals surface area contributed by atoms with E-state index in [1.165, 1.54) is 12.1 Å². The van der Waals surface area contributed by atoms with Crippen LogP contribution in [-0.2, 0) is 13.0 Å². The largest absolute Gasteiger partial charge is 0.387 e. The van der Waals surface area contributed by atoms with E-state index >= 15 is 0 Å². The molecule has 1 aromatic carbocycles. The summed E-state index contributed by atoms with van der Waals surface area (Å²) >= 11 is 5.16. The Balaban J connectivity index is 1.95. The molecule has 1 unspecified atom stereocenters. The zero-order valence-electron chi connectivity index (χ0n) is 14.6. The predicted octanol–water partition coefficient (Wildman–Crippen LogP) is 4.27. The fourth-order valence-corrected chi connectivity index (χ4v) is 2.91. The van der Waals surface area contributed by atoms with Gasteiger partial charge in [0.25, 0.3) is 0 Å². The van der Waals surface area contributed by atoms with Crippen LogP contribution in [0.4, 0.5) is 4.39 Å². The molecular weight excluding hydrogens is 325 g/mol. The molecular formula is C18H26FN3OS. The molecule has 0 spiro atoms. The zero-order valence-corrected chi connectivity index (χ0v) is 15.4. The Kier molecular flexibility index (Phi) is 5.93. The van der Waals surface area contributed by atoms with Crippen LogP contribution < -0.4 is 0 Å². The first-order valence-corrected chi connectivity index (χ1v) is 8.69. The highest BCUT2D eigenvalue weighted by atomic mass is 32.1. The minimum Gasteiger partial charge on any atom is -0.387 e. The van der Waals surface area contributed by atoms with Crippen molar-refractivity contribution in [1.82, 2.24) is 14.8 Å². The van der Waals surface area contributed by atoms with Crippen molar-refractivity contribution < 1.29 is 9.50 Å². The highest BCUT2D eigenvalue weighted by molar-refractivity contribution is 7.71. The number of aromatic amines is 1. The van der Waals surface area contributed by atoms with Gasteiger partial charge in [-0.15, -0.1) is 0 Å². The summed E-state index contributed by atoms with van der Waals surface area (Å²) in [6.07, 6.45) is 4.91. The molecule has 0 fully saturated rings. The summed E-state index contributed by atoms with van der Waals surface area (Å²) in [6.45, 7) is 6.50. The molecule has 1 heterocycles. The van der Waals surface area contributed by atoms with Crippen LogP contribution in [0.15, 0.2) is 30.6 Å². The Morgan fingerprint density at radius 2 is 1.88 bits per heavy atom. The van der Waals surface area contributed by atoms with Crippen molar-refractivity contribution in [2.24, 2.45) is 5.41 Å². The quantitative estimate of drug-likeness (QED) is 0.578. The van der Waals surface area contributed by atoms with Crippen LogP contribution in [0.2, 0.25) is 0 Å². The maximum absolute atomic E-state index is 12.9. The number of aryl methyl sites for hydroxylation is 1. The lowest BCUT2D eigenvalue weighted by atomic mass is 9.73. The number of halogens is 1. The number of aliphatic hydroxyl groups is 1. The van der Waals surface area contributed by atoms with Crippen LogP contribution in [-0.4, -0.2) is 25.5 Å². The predicted molar refractivity (Wildman–Crippen MR) is 95.8 cm³/mol. The van der Waals surface area contributed by atoms with Gasteiger partial charge in [-0.3, -0.25) is 9.78 Å². The lowest BCUT2D eigenvalue weighted by molar-refractivity contribution is -0.0816. The molecule has 0 aliphatic rings. The second-order valence-corrected chi connectivity index (χ2v) is 7.74. The van der Waals surface area contributed by atoms with Crippen molar-refractivity contribution in [3.8, 4) is 0 Å². The first-order valence-electron chi connectivity index (χ1n) is 8.28. The molecule has 2 N–H and O–H groups in total. The van der Waals surface area contributed by atoms with Gasteiger partial charge in [0, 0.05) is 0 Å². The number of nitrogens with one attached hydrogen (secondary N) is 1. The summed E-state index contributed by atoms with van der Waals surface area (Å²) in [5, 5.41) is 14.2. The molecule has 0 amide bonds. The number of rotatable bonds is 7. The summed E-state index contributed by atoms with van der Waals surface area (Å²) in [5.74, 6) is -0.211. The van der Waals surface area contributed by atoms with E-state index in [-0.39, 0.29) is 11.2 Å². The Morgan fingerprint density at radius 3 is 2.42 bits per heavy atom. The Morgan fingerprint density at radius 1 is 1.21 bits per heavy atom. The number of aromatic nitrogens is 3. The molecule has 0 radical (unpaired) electrons. The zero-order chi connectivity index (χ0) is 17.8. The van der Waals surface area contributed by atoms with Gasteiger partial charge in [0.15, 0.2) is 0 Å². The van der Waals surface area contributed by atoms with Gasteiger partial charge in [0.05, 0.1) is 12.1 Å². The van der Waals surface area contributed by atoms with Crippen molar-refractivity contribution in [2.75, 3.05) is 0 Å². The number of unbranched alkanes of at least 4 members (excludes halogenated alkanes) is 1. The maximum Gasteiger partial charge on any atom is 0.215 e. The number of hydrogen-bond acceptors (Lipinski definition) is 3. The molecule has 0 aliphatic carbocycles. The van der Waals surface area contributed by atoms with E-state index in [9.17, 15) is 9.50 Å². The second-order valence-electron chi connectivity index (χ2n) is 7.37. The fraction of sp³-hybridized carbons (Fsp3) is 0.556.